The van der Waals surface area contributed by atoms with Crippen molar-refractivity contribution in [2.45, 2.75) is 25.5 Å². The predicted molar refractivity (Wildman–Crippen MR) is 73.1 cm³/mol. The van der Waals surface area contributed by atoms with Crippen LogP contribution >= 0.6 is 0 Å². The summed E-state index contributed by atoms with van der Waals surface area (Å²) >= 11 is 0. The van der Waals surface area contributed by atoms with Crippen LogP contribution in [0.5, 0.6) is 0 Å². The summed E-state index contributed by atoms with van der Waals surface area (Å²) in [6.07, 6.45) is 5.28. The van der Waals surface area contributed by atoms with Crippen molar-refractivity contribution in [2.75, 3.05) is 38.3 Å². The SMILES string of the molecule is COCCNCc1cnc(N2CCCC(O)C2)nc1. The number of piperidine rings is 1. The van der Waals surface area contributed by atoms with Gasteiger partial charge < -0.3 is 20.1 Å². The fourth-order valence-electron chi connectivity index (χ4n) is 2.15. The van der Waals surface area contributed by atoms with Crippen molar-refractivity contribution in [1.82, 2.24) is 15.3 Å². The van der Waals surface area contributed by atoms with E-state index in [1.165, 1.54) is 0 Å². The molecular formula is C13H22N4O2. The first-order valence-corrected chi connectivity index (χ1v) is 6.73. The molecule has 1 unspecified atom stereocenters. The van der Waals surface area contributed by atoms with E-state index in [9.17, 15) is 5.11 Å². The number of rotatable bonds is 6. The first-order valence-electron chi connectivity index (χ1n) is 6.73. The van der Waals surface area contributed by atoms with Crippen LogP contribution in [0.2, 0.25) is 0 Å². The number of aliphatic hydroxyl groups is 1. The molecule has 2 N–H and O–H groups in total. The molecule has 1 fully saturated rings. The number of nitrogens with zero attached hydrogens (tertiary/aromatic N) is 3. The van der Waals surface area contributed by atoms with Gasteiger partial charge in [0.1, 0.15) is 0 Å². The van der Waals surface area contributed by atoms with E-state index in [1.807, 2.05) is 17.3 Å². The minimum absolute atomic E-state index is 0.257. The predicted octanol–water partition coefficient (Wildman–Crippen LogP) is 0.174. The van der Waals surface area contributed by atoms with Crippen LogP contribution in [0.3, 0.4) is 0 Å². The van der Waals surface area contributed by atoms with E-state index in [0.717, 1.165) is 38.0 Å². The zero-order valence-corrected chi connectivity index (χ0v) is 11.4. The standard InChI is InChI=1S/C13H22N4O2/c1-19-6-4-14-7-11-8-15-13(16-9-11)17-5-2-3-12(18)10-17/h8-9,12,14,18H,2-7,10H2,1H3. The number of ether oxygens (including phenoxy) is 1. The molecule has 2 heterocycles. The van der Waals surface area contributed by atoms with Gasteiger partial charge in [-0.15, -0.1) is 0 Å². The number of aliphatic hydroxyl groups excluding tert-OH is 1. The number of β-amino-alcohol motifs (C(OH)–C–C–N with tert-alkyl or cyclic N) is 1. The van der Waals surface area contributed by atoms with E-state index in [4.69, 9.17) is 4.74 Å². The highest BCUT2D eigenvalue weighted by Crippen LogP contribution is 2.15. The lowest BCUT2D eigenvalue weighted by Gasteiger charge is -2.29. The number of anilines is 1. The molecule has 1 aliphatic rings. The molecular weight excluding hydrogens is 244 g/mol. The van der Waals surface area contributed by atoms with Crippen molar-refractivity contribution in [3.8, 4) is 0 Å². The molecule has 0 saturated carbocycles. The summed E-state index contributed by atoms with van der Waals surface area (Å²) in [6.45, 7) is 3.81. The van der Waals surface area contributed by atoms with Gasteiger partial charge in [-0.05, 0) is 12.8 Å². The Labute approximate surface area is 113 Å². The molecule has 1 saturated heterocycles. The Morgan fingerprint density at radius 2 is 2.26 bits per heavy atom. The lowest BCUT2D eigenvalue weighted by molar-refractivity contribution is 0.153. The van der Waals surface area contributed by atoms with Crippen LogP contribution in [0.1, 0.15) is 18.4 Å². The molecule has 1 aromatic rings. The largest absolute Gasteiger partial charge is 0.391 e. The Morgan fingerprint density at radius 1 is 1.47 bits per heavy atom. The van der Waals surface area contributed by atoms with Gasteiger partial charge in [0.2, 0.25) is 5.95 Å². The summed E-state index contributed by atoms with van der Waals surface area (Å²) in [5.74, 6) is 0.708. The Hall–Kier alpha value is -1.24. The van der Waals surface area contributed by atoms with Gasteiger partial charge in [0.15, 0.2) is 0 Å². The van der Waals surface area contributed by atoms with Gasteiger partial charge in [0.25, 0.3) is 0 Å². The third-order valence-corrected chi connectivity index (χ3v) is 3.18. The molecule has 19 heavy (non-hydrogen) atoms. The van der Waals surface area contributed by atoms with Gasteiger partial charge in [-0.25, -0.2) is 9.97 Å². The van der Waals surface area contributed by atoms with Crippen molar-refractivity contribution < 1.29 is 9.84 Å². The summed E-state index contributed by atoms with van der Waals surface area (Å²) in [4.78, 5) is 10.8. The number of methoxy groups -OCH3 is 1. The molecule has 0 spiro atoms. The van der Waals surface area contributed by atoms with Crippen molar-refractivity contribution in [3.05, 3.63) is 18.0 Å². The monoisotopic (exact) mass is 266 g/mol. The molecule has 0 amide bonds. The van der Waals surface area contributed by atoms with E-state index in [-0.39, 0.29) is 6.10 Å². The molecule has 0 aliphatic carbocycles. The van der Waals surface area contributed by atoms with Crippen LogP contribution in [0.25, 0.3) is 0 Å². The first kappa shape index (κ1) is 14.2. The van der Waals surface area contributed by atoms with Crippen LogP contribution in [0, 0.1) is 0 Å². The van der Waals surface area contributed by atoms with Crippen molar-refractivity contribution in [1.29, 1.82) is 0 Å². The second kappa shape index (κ2) is 7.37. The maximum absolute atomic E-state index is 9.64. The summed E-state index contributed by atoms with van der Waals surface area (Å²) < 4.78 is 4.96. The summed E-state index contributed by atoms with van der Waals surface area (Å²) in [5.41, 5.74) is 1.05. The third-order valence-electron chi connectivity index (χ3n) is 3.18. The lowest BCUT2D eigenvalue weighted by Crippen LogP contribution is -2.39. The average molecular weight is 266 g/mol. The minimum atomic E-state index is -0.257. The zero-order valence-electron chi connectivity index (χ0n) is 11.4. The van der Waals surface area contributed by atoms with E-state index in [2.05, 4.69) is 15.3 Å². The molecule has 6 heteroatoms. The third kappa shape index (κ3) is 4.41. The second-order valence-electron chi connectivity index (χ2n) is 4.80. The summed E-state index contributed by atoms with van der Waals surface area (Å²) in [5, 5.41) is 12.9. The quantitative estimate of drug-likeness (QED) is 0.716. The van der Waals surface area contributed by atoms with Crippen molar-refractivity contribution >= 4 is 5.95 Å². The maximum Gasteiger partial charge on any atom is 0.225 e. The topological polar surface area (TPSA) is 70.5 Å². The summed E-state index contributed by atoms with van der Waals surface area (Å²) in [6, 6.07) is 0. The highest BCUT2D eigenvalue weighted by molar-refractivity contribution is 5.30. The Morgan fingerprint density at radius 3 is 2.95 bits per heavy atom. The normalized spacial score (nSPS) is 19.7. The molecule has 0 radical (unpaired) electrons. The smallest absolute Gasteiger partial charge is 0.225 e. The van der Waals surface area contributed by atoms with Gasteiger partial charge in [-0.1, -0.05) is 0 Å². The maximum atomic E-state index is 9.64. The molecule has 0 aromatic carbocycles. The Bertz CT molecular complexity index is 371. The first-order chi connectivity index (χ1) is 9.29. The highest BCUT2D eigenvalue weighted by atomic mass is 16.5. The molecule has 1 atom stereocenters. The van der Waals surface area contributed by atoms with Crippen LogP contribution in [-0.2, 0) is 11.3 Å². The number of nitrogens with one attached hydrogen (secondary N) is 1. The molecule has 1 aliphatic heterocycles. The fraction of sp³-hybridized carbons (Fsp3) is 0.692. The van der Waals surface area contributed by atoms with E-state index in [1.54, 1.807) is 7.11 Å². The Balaban J connectivity index is 1.83. The number of hydrogen-bond donors (Lipinski definition) is 2. The van der Waals surface area contributed by atoms with E-state index in [0.29, 0.717) is 19.1 Å². The number of aromatic nitrogens is 2. The number of hydrogen-bond acceptors (Lipinski definition) is 6. The van der Waals surface area contributed by atoms with Crippen LogP contribution in [0.15, 0.2) is 12.4 Å². The van der Waals surface area contributed by atoms with Gasteiger partial charge in [0, 0.05) is 51.2 Å². The molecule has 2 rings (SSSR count). The van der Waals surface area contributed by atoms with Crippen LogP contribution < -0.4 is 10.2 Å². The minimum Gasteiger partial charge on any atom is -0.391 e. The van der Waals surface area contributed by atoms with E-state index < -0.39 is 0 Å². The zero-order chi connectivity index (χ0) is 13.5. The highest BCUT2D eigenvalue weighted by Gasteiger charge is 2.19. The van der Waals surface area contributed by atoms with Gasteiger partial charge >= 0.3 is 0 Å². The Kier molecular flexibility index (Phi) is 5.50. The molecule has 1 aromatic heterocycles. The molecule has 6 nitrogen and oxygen atoms in total. The lowest BCUT2D eigenvalue weighted by atomic mass is 10.1. The fourth-order valence-corrected chi connectivity index (χ4v) is 2.15. The summed E-state index contributed by atoms with van der Waals surface area (Å²) in [7, 11) is 1.69. The van der Waals surface area contributed by atoms with E-state index >= 15 is 0 Å². The van der Waals surface area contributed by atoms with Gasteiger partial charge in [-0.3, -0.25) is 0 Å². The average Bonchev–Trinajstić information content (AvgIpc) is 2.44. The van der Waals surface area contributed by atoms with Crippen LogP contribution in [-0.4, -0.2) is 54.5 Å². The van der Waals surface area contributed by atoms with Crippen molar-refractivity contribution in [3.63, 3.8) is 0 Å². The molecule has 0 bridgehead atoms. The van der Waals surface area contributed by atoms with Gasteiger partial charge in [0.05, 0.1) is 12.7 Å². The second-order valence-corrected chi connectivity index (χ2v) is 4.80. The van der Waals surface area contributed by atoms with Crippen molar-refractivity contribution in [2.24, 2.45) is 0 Å². The van der Waals surface area contributed by atoms with Crippen LogP contribution in [0.4, 0.5) is 5.95 Å². The van der Waals surface area contributed by atoms with Gasteiger partial charge in [-0.2, -0.15) is 0 Å². The molecule has 106 valence electrons.